The Bertz CT molecular complexity index is 394. The zero-order valence-electron chi connectivity index (χ0n) is 9.80. The SMILES string of the molecule is C#CCCC1(CCC(=O)N[C@H](CO)C(=O)O)N=N1. The van der Waals surface area contributed by atoms with Crippen molar-refractivity contribution in [1.82, 2.24) is 5.32 Å². The zero-order valence-corrected chi connectivity index (χ0v) is 9.80. The van der Waals surface area contributed by atoms with E-state index in [1.165, 1.54) is 0 Å². The maximum absolute atomic E-state index is 11.5. The number of aliphatic carboxylic acids is 1. The molecule has 0 saturated carbocycles. The molecule has 0 radical (unpaired) electrons. The summed E-state index contributed by atoms with van der Waals surface area (Å²) >= 11 is 0. The number of nitrogens with one attached hydrogen (secondary N) is 1. The monoisotopic (exact) mass is 253 g/mol. The van der Waals surface area contributed by atoms with Crippen molar-refractivity contribution in [3.63, 3.8) is 0 Å². The topological polar surface area (TPSA) is 111 Å². The minimum absolute atomic E-state index is 0.0986. The number of hydrogen-bond donors (Lipinski definition) is 3. The van der Waals surface area contributed by atoms with Crippen molar-refractivity contribution in [3.8, 4) is 12.3 Å². The first-order valence-corrected chi connectivity index (χ1v) is 5.53. The summed E-state index contributed by atoms with van der Waals surface area (Å²) in [6, 6.07) is -1.27. The van der Waals surface area contributed by atoms with Crippen LogP contribution in [0.4, 0.5) is 0 Å². The van der Waals surface area contributed by atoms with Crippen LogP contribution < -0.4 is 5.32 Å². The van der Waals surface area contributed by atoms with Gasteiger partial charge in [-0.15, -0.1) is 12.3 Å². The Morgan fingerprint density at radius 3 is 2.50 bits per heavy atom. The zero-order chi connectivity index (χ0) is 13.6. The van der Waals surface area contributed by atoms with Gasteiger partial charge in [0, 0.05) is 25.7 Å². The number of carboxylic acids is 1. The molecule has 1 rings (SSSR count). The van der Waals surface area contributed by atoms with Crippen LogP contribution in [0, 0.1) is 12.3 Å². The number of hydrogen-bond acceptors (Lipinski definition) is 5. The summed E-state index contributed by atoms with van der Waals surface area (Å²) in [6.45, 7) is -0.641. The van der Waals surface area contributed by atoms with Crippen LogP contribution in [0.25, 0.3) is 0 Å². The highest BCUT2D eigenvalue weighted by Crippen LogP contribution is 2.37. The Labute approximate surface area is 104 Å². The van der Waals surface area contributed by atoms with Gasteiger partial charge in [0.2, 0.25) is 5.91 Å². The van der Waals surface area contributed by atoms with Crippen LogP contribution in [-0.2, 0) is 9.59 Å². The van der Waals surface area contributed by atoms with Crippen LogP contribution in [0.3, 0.4) is 0 Å². The second-order valence-electron chi connectivity index (χ2n) is 4.03. The molecule has 7 heteroatoms. The van der Waals surface area contributed by atoms with Gasteiger partial charge in [-0.2, -0.15) is 10.2 Å². The molecule has 0 aromatic heterocycles. The lowest BCUT2D eigenvalue weighted by Gasteiger charge is -2.12. The number of carbonyl (C=O) groups is 2. The van der Waals surface area contributed by atoms with E-state index in [4.69, 9.17) is 16.6 Å². The van der Waals surface area contributed by atoms with Gasteiger partial charge in [-0.25, -0.2) is 4.79 Å². The number of amides is 1. The van der Waals surface area contributed by atoms with Gasteiger partial charge in [-0.3, -0.25) is 4.79 Å². The fourth-order valence-corrected chi connectivity index (χ4v) is 1.43. The Hall–Kier alpha value is -1.94. The van der Waals surface area contributed by atoms with Gasteiger partial charge in [-0.1, -0.05) is 0 Å². The number of carboxylic acid groups (broad SMARTS) is 1. The largest absolute Gasteiger partial charge is 0.480 e. The number of aliphatic hydroxyl groups is 1. The van der Waals surface area contributed by atoms with Gasteiger partial charge >= 0.3 is 5.97 Å². The molecule has 1 aliphatic heterocycles. The maximum atomic E-state index is 11.5. The Morgan fingerprint density at radius 2 is 2.06 bits per heavy atom. The van der Waals surface area contributed by atoms with E-state index in [2.05, 4.69) is 21.5 Å². The molecular formula is C11H15N3O4. The fraction of sp³-hybridized carbons (Fsp3) is 0.636. The van der Waals surface area contributed by atoms with Crippen LogP contribution >= 0.6 is 0 Å². The van der Waals surface area contributed by atoms with Crippen molar-refractivity contribution < 1.29 is 19.8 Å². The summed E-state index contributed by atoms with van der Waals surface area (Å²) < 4.78 is 0. The van der Waals surface area contributed by atoms with Crippen molar-refractivity contribution >= 4 is 11.9 Å². The predicted octanol–water partition coefficient (Wildman–Crippen LogP) is -0.0962. The minimum atomic E-state index is -1.27. The molecule has 18 heavy (non-hydrogen) atoms. The first kappa shape index (κ1) is 14.1. The third kappa shape index (κ3) is 4.14. The van der Waals surface area contributed by atoms with E-state index in [0.717, 1.165) is 0 Å². The highest BCUT2D eigenvalue weighted by Gasteiger charge is 2.39. The van der Waals surface area contributed by atoms with Gasteiger partial charge in [0.25, 0.3) is 0 Å². The maximum Gasteiger partial charge on any atom is 0.328 e. The predicted molar refractivity (Wildman–Crippen MR) is 61.5 cm³/mol. The molecule has 0 spiro atoms. The van der Waals surface area contributed by atoms with Crippen molar-refractivity contribution in [3.05, 3.63) is 0 Å². The number of aliphatic hydroxyl groups excluding tert-OH is 1. The van der Waals surface area contributed by atoms with E-state index >= 15 is 0 Å². The van der Waals surface area contributed by atoms with Crippen LogP contribution in [-0.4, -0.2) is 40.4 Å². The first-order chi connectivity index (χ1) is 8.53. The summed E-state index contributed by atoms with van der Waals surface area (Å²) in [4.78, 5) is 22.0. The van der Waals surface area contributed by atoms with E-state index < -0.39 is 30.2 Å². The summed E-state index contributed by atoms with van der Waals surface area (Å²) in [5, 5.41) is 27.3. The van der Waals surface area contributed by atoms with Crippen molar-refractivity contribution in [2.24, 2.45) is 10.2 Å². The van der Waals surface area contributed by atoms with E-state index in [1.54, 1.807) is 0 Å². The van der Waals surface area contributed by atoms with Crippen molar-refractivity contribution in [2.75, 3.05) is 6.61 Å². The first-order valence-electron chi connectivity index (χ1n) is 5.53. The highest BCUT2D eigenvalue weighted by molar-refractivity contribution is 5.83. The van der Waals surface area contributed by atoms with Crippen LogP contribution in [0.1, 0.15) is 25.7 Å². The minimum Gasteiger partial charge on any atom is -0.480 e. The van der Waals surface area contributed by atoms with Gasteiger partial charge in [0.15, 0.2) is 5.66 Å². The Morgan fingerprint density at radius 1 is 1.39 bits per heavy atom. The molecule has 0 saturated heterocycles. The summed E-state index contributed by atoms with van der Waals surface area (Å²) in [7, 11) is 0. The average Bonchev–Trinajstić information content (AvgIpc) is 3.11. The quantitative estimate of drug-likeness (QED) is 0.524. The molecule has 0 fully saturated rings. The number of rotatable bonds is 8. The summed E-state index contributed by atoms with van der Waals surface area (Å²) in [5.74, 6) is 0.757. The summed E-state index contributed by atoms with van der Waals surface area (Å²) in [5.41, 5.74) is -0.554. The Kier molecular flexibility index (Phi) is 4.80. The second kappa shape index (κ2) is 6.12. The molecular weight excluding hydrogens is 238 g/mol. The molecule has 0 aromatic rings. The highest BCUT2D eigenvalue weighted by atomic mass is 16.4. The lowest BCUT2D eigenvalue weighted by Crippen LogP contribution is -2.43. The van der Waals surface area contributed by atoms with Crippen LogP contribution in [0.5, 0.6) is 0 Å². The van der Waals surface area contributed by atoms with E-state index in [1.807, 2.05) is 0 Å². The average molecular weight is 253 g/mol. The van der Waals surface area contributed by atoms with Crippen molar-refractivity contribution in [1.29, 1.82) is 0 Å². The molecule has 0 unspecified atom stereocenters. The molecule has 1 amide bonds. The van der Waals surface area contributed by atoms with Gasteiger partial charge < -0.3 is 15.5 Å². The summed E-state index contributed by atoms with van der Waals surface area (Å²) in [6.07, 6.45) is 6.76. The lowest BCUT2D eigenvalue weighted by atomic mass is 10.0. The molecule has 1 heterocycles. The van der Waals surface area contributed by atoms with Crippen molar-refractivity contribution in [2.45, 2.75) is 37.4 Å². The molecule has 0 bridgehead atoms. The molecule has 7 nitrogen and oxygen atoms in total. The fourth-order valence-electron chi connectivity index (χ4n) is 1.43. The molecule has 0 aromatic carbocycles. The molecule has 98 valence electrons. The van der Waals surface area contributed by atoms with E-state index in [-0.39, 0.29) is 6.42 Å². The molecule has 1 aliphatic rings. The normalized spacial score (nSPS) is 16.7. The molecule has 3 N–H and O–H groups in total. The lowest BCUT2D eigenvalue weighted by molar-refractivity contribution is -0.143. The third-order valence-electron chi connectivity index (χ3n) is 2.62. The number of carbonyl (C=O) groups excluding carboxylic acids is 1. The third-order valence-corrected chi connectivity index (χ3v) is 2.62. The van der Waals surface area contributed by atoms with E-state index in [0.29, 0.717) is 19.3 Å². The standard InChI is InChI=1S/C11H15N3O4/c1-2-3-5-11(13-14-11)6-4-9(16)12-8(7-15)10(17)18/h1,8,15H,3-7H2,(H,12,16)(H,17,18)/t8-/m1/s1. The number of nitrogens with zero attached hydrogens (tertiary/aromatic N) is 2. The van der Waals surface area contributed by atoms with Gasteiger partial charge in [0.1, 0.15) is 6.04 Å². The second-order valence-corrected chi connectivity index (χ2v) is 4.03. The number of terminal acetylenes is 1. The van der Waals surface area contributed by atoms with Gasteiger partial charge in [-0.05, 0) is 0 Å². The molecule has 1 atom stereocenters. The van der Waals surface area contributed by atoms with E-state index in [9.17, 15) is 9.59 Å². The molecule has 0 aliphatic carbocycles. The van der Waals surface area contributed by atoms with Crippen LogP contribution in [0.2, 0.25) is 0 Å². The van der Waals surface area contributed by atoms with Gasteiger partial charge in [0.05, 0.1) is 6.61 Å². The Balaban J connectivity index is 2.29. The smallest absolute Gasteiger partial charge is 0.328 e. The van der Waals surface area contributed by atoms with Crippen LogP contribution in [0.15, 0.2) is 10.2 Å².